The predicted octanol–water partition coefficient (Wildman–Crippen LogP) is 4.07. The van der Waals surface area contributed by atoms with Gasteiger partial charge in [-0.05, 0) is 36.2 Å². The van der Waals surface area contributed by atoms with Gasteiger partial charge in [0.15, 0.2) is 11.5 Å². The number of ether oxygens (including phenoxy) is 1. The average Bonchev–Trinajstić information content (AvgIpc) is 2.55. The standard InChI is InChI=1S/C18H21BrN2O3/c1-12(14-6-4-5-7-15(14)19)20-18(23)21(2)11-13-8-9-17(24-3)16(22)10-13/h4-10,12,22H,11H2,1-3H3,(H,20,23). The quantitative estimate of drug-likeness (QED) is 0.805. The summed E-state index contributed by atoms with van der Waals surface area (Å²) in [7, 11) is 3.21. The van der Waals surface area contributed by atoms with Crippen LogP contribution in [0.15, 0.2) is 46.9 Å². The molecule has 2 aromatic rings. The number of benzene rings is 2. The number of rotatable bonds is 5. The Morgan fingerprint density at radius 1 is 1.33 bits per heavy atom. The number of carbonyl (C=O) groups excluding carboxylic acids is 1. The predicted molar refractivity (Wildman–Crippen MR) is 97.2 cm³/mol. The van der Waals surface area contributed by atoms with Gasteiger partial charge in [0.25, 0.3) is 0 Å². The molecule has 0 heterocycles. The van der Waals surface area contributed by atoms with Crippen molar-refractivity contribution >= 4 is 22.0 Å². The lowest BCUT2D eigenvalue weighted by molar-refractivity contribution is 0.203. The van der Waals surface area contributed by atoms with Gasteiger partial charge in [0, 0.05) is 18.1 Å². The summed E-state index contributed by atoms with van der Waals surface area (Å²) in [6.45, 7) is 2.32. The van der Waals surface area contributed by atoms with Crippen LogP contribution in [0, 0.1) is 0 Å². The van der Waals surface area contributed by atoms with Crippen molar-refractivity contribution in [3.05, 3.63) is 58.1 Å². The van der Waals surface area contributed by atoms with Gasteiger partial charge in [0.2, 0.25) is 0 Å². The van der Waals surface area contributed by atoms with Crippen molar-refractivity contribution in [3.63, 3.8) is 0 Å². The topological polar surface area (TPSA) is 61.8 Å². The number of amides is 2. The lowest BCUT2D eigenvalue weighted by atomic mass is 10.1. The summed E-state index contributed by atoms with van der Waals surface area (Å²) in [5.41, 5.74) is 1.83. The van der Waals surface area contributed by atoms with Crippen LogP contribution >= 0.6 is 15.9 Å². The second-order valence-corrected chi connectivity index (χ2v) is 6.41. The molecule has 0 aliphatic heterocycles. The number of hydrogen-bond donors (Lipinski definition) is 2. The molecule has 128 valence electrons. The summed E-state index contributed by atoms with van der Waals surface area (Å²) < 4.78 is 5.98. The van der Waals surface area contributed by atoms with E-state index in [-0.39, 0.29) is 17.8 Å². The van der Waals surface area contributed by atoms with Crippen molar-refractivity contribution in [2.24, 2.45) is 0 Å². The molecule has 2 aromatic carbocycles. The van der Waals surface area contributed by atoms with E-state index in [2.05, 4.69) is 21.2 Å². The first-order valence-corrected chi connectivity index (χ1v) is 8.33. The molecule has 0 spiro atoms. The molecule has 0 aliphatic carbocycles. The van der Waals surface area contributed by atoms with E-state index >= 15 is 0 Å². The fourth-order valence-corrected chi connectivity index (χ4v) is 3.01. The van der Waals surface area contributed by atoms with Crippen LogP contribution in [0.25, 0.3) is 0 Å². The van der Waals surface area contributed by atoms with Crippen molar-refractivity contribution in [2.45, 2.75) is 19.5 Å². The third kappa shape index (κ3) is 4.41. The number of methoxy groups -OCH3 is 1. The molecular formula is C18H21BrN2O3. The number of nitrogens with zero attached hydrogens (tertiary/aromatic N) is 1. The van der Waals surface area contributed by atoms with E-state index in [1.807, 2.05) is 37.3 Å². The Bertz CT molecular complexity index is 721. The number of carbonyl (C=O) groups is 1. The molecule has 1 atom stereocenters. The van der Waals surface area contributed by atoms with Crippen molar-refractivity contribution in [2.75, 3.05) is 14.2 Å². The number of hydrogen-bond acceptors (Lipinski definition) is 3. The van der Waals surface area contributed by atoms with Crippen molar-refractivity contribution in [3.8, 4) is 11.5 Å². The molecule has 2 rings (SSSR count). The van der Waals surface area contributed by atoms with Gasteiger partial charge in [-0.1, -0.05) is 40.2 Å². The lowest BCUT2D eigenvalue weighted by Gasteiger charge is -2.22. The zero-order valence-electron chi connectivity index (χ0n) is 13.9. The summed E-state index contributed by atoms with van der Waals surface area (Å²) in [5.74, 6) is 0.471. The van der Waals surface area contributed by atoms with Gasteiger partial charge in [0.05, 0.1) is 13.2 Å². The number of phenolic OH excluding ortho intramolecular Hbond substituents is 1. The fraction of sp³-hybridized carbons (Fsp3) is 0.278. The number of aromatic hydroxyl groups is 1. The average molecular weight is 393 g/mol. The van der Waals surface area contributed by atoms with Crippen molar-refractivity contribution in [1.82, 2.24) is 10.2 Å². The van der Waals surface area contributed by atoms with Crippen LogP contribution in [0.4, 0.5) is 4.79 Å². The molecule has 2 amide bonds. The maximum absolute atomic E-state index is 12.4. The van der Waals surface area contributed by atoms with E-state index in [1.54, 1.807) is 24.1 Å². The minimum atomic E-state index is -0.187. The molecule has 1 unspecified atom stereocenters. The number of halogens is 1. The molecule has 5 nitrogen and oxygen atoms in total. The van der Waals surface area contributed by atoms with Gasteiger partial charge in [-0.15, -0.1) is 0 Å². The first-order valence-electron chi connectivity index (χ1n) is 7.54. The third-order valence-electron chi connectivity index (χ3n) is 3.72. The van der Waals surface area contributed by atoms with E-state index in [9.17, 15) is 9.90 Å². The molecule has 0 aliphatic rings. The highest BCUT2D eigenvalue weighted by Crippen LogP contribution is 2.27. The summed E-state index contributed by atoms with van der Waals surface area (Å²) in [5, 5.41) is 12.8. The smallest absolute Gasteiger partial charge is 0.317 e. The minimum Gasteiger partial charge on any atom is -0.504 e. The van der Waals surface area contributed by atoms with Gasteiger partial charge < -0.3 is 20.1 Å². The second-order valence-electron chi connectivity index (χ2n) is 5.55. The molecule has 24 heavy (non-hydrogen) atoms. The Hall–Kier alpha value is -2.21. The van der Waals surface area contributed by atoms with Crippen LogP contribution in [0.1, 0.15) is 24.1 Å². The van der Waals surface area contributed by atoms with Gasteiger partial charge >= 0.3 is 6.03 Å². The highest BCUT2D eigenvalue weighted by molar-refractivity contribution is 9.10. The molecule has 0 radical (unpaired) electrons. The Kier molecular flexibility index (Phi) is 6.09. The molecule has 0 bridgehead atoms. The summed E-state index contributed by atoms with van der Waals surface area (Å²) in [4.78, 5) is 13.9. The van der Waals surface area contributed by atoms with E-state index in [1.165, 1.54) is 7.11 Å². The summed E-state index contributed by atoms with van der Waals surface area (Å²) in [6, 6.07) is 12.6. The summed E-state index contributed by atoms with van der Waals surface area (Å²) >= 11 is 3.49. The normalized spacial score (nSPS) is 11.7. The van der Waals surface area contributed by atoms with E-state index in [0.29, 0.717) is 12.3 Å². The Morgan fingerprint density at radius 2 is 2.04 bits per heavy atom. The van der Waals surface area contributed by atoms with Crippen molar-refractivity contribution in [1.29, 1.82) is 0 Å². The molecule has 0 aromatic heterocycles. The Morgan fingerprint density at radius 3 is 2.67 bits per heavy atom. The van der Waals surface area contributed by atoms with Crippen molar-refractivity contribution < 1.29 is 14.6 Å². The van der Waals surface area contributed by atoms with Gasteiger partial charge in [0.1, 0.15) is 0 Å². The maximum Gasteiger partial charge on any atom is 0.317 e. The second kappa shape index (κ2) is 8.06. The molecule has 2 N–H and O–H groups in total. The summed E-state index contributed by atoms with van der Waals surface area (Å²) in [6.07, 6.45) is 0. The number of urea groups is 1. The van der Waals surface area contributed by atoms with E-state index < -0.39 is 0 Å². The maximum atomic E-state index is 12.4. The fourth-order valence-electron chi connectivity index (χ4n) is 2.38. The van der Waals surface area contributed by atoms with Crippen LogP contribution in [-0.4, -0.2) is 30.2 Å². The van der Waals surface area contributed by atoms with Crippen LogP contribution in [-0.2, 0) is 6.54 Å². The Balaban J connectivity index is 1.99. The van der Waals surface area contributed by atoms with Gasteiger partial charge in [-0.25, -0.2) is 4.79 Å². The first kappa shape index (κ1) is 18.1. The van der Waals surface area contributed by atoms with Gasteiger partial charge in [-0.2, -0.15) is 0 Å². The zero-order chi connectivity index (χ0) is 17.7. The third-order valence-corrected chi connectivity index (χ3v) is 4.44. The molecule has 0 saturated carbocycles. The van der Waals surface area contributed by atoms with Gasteiger partial charge in [-0.3, -0.25) is 0 Å². The van der Waals surface area contributed by atoms with Crippen LogP contribution < -0.4 is 10.1 Å². The highest BCUT2D eigenvalue weighted by Gasteiger charge is 2.15. The highest BCUT2D eigenvalue weighted by atomic mass is 79.9. The largest absolute Gasteiger partial charge is 0.504 e. The zero-order valence-corrected chi connectivity index (χ0v) is 15.5. The van der Waals surface area contributed by atoms with Crippen LogP contribution in [0.2, 0.25) is 0 Å². The van der Waals surface area contributed by atoms with Crippen LogP contribution in [0.5, 0.6) is 11.5 Å². The first-order chi connectivity index (χ1) is 11.4. The lowest BCUT2D eigenvalue weighted by Crippen LogP contribution is -2.38. The molecule has 0 fully saturated rings. The number of phenols is 1. The molecule has 0 saturated heterocycles. The number of nitrogens with one attached hydrogen (secondary N) is 1. The van der Waals surface area contributed by atoms with E-state index in [4.69, 9.17) is 4.74 Å². The SMILES string of the molecule is COc1ccc(CN(C)C(=O)NC(C)c2ccccc2Br)cc1O. The van der Waals surface area contributed by atoms with Crippen LogP contribution in [0.3, 0.4) is 0 Å². The molecule has 6 heteroatoms. The molecular weight excluding hydrogens is 372 g/mol. The Labute approximate surface area is 150 Å². The van der Waals surface area contributed by atoms with E-state index in [0.717, 1.165) is 15.6 Å². The minimum absolute atomic E-state index is 0.0605. The monoisotopic (exact) mass is 392 g/mol.